The number of aromatic nitrogens is 1. The average molecular weight is 1030 g/mol. The molecule has 5 heterocycles. The van der Waals surface area contributed by atoms with Crippen LogP contribution in [0, 0.1) is 0 Å². The zero-order valence-corrected chi connectivity index (χ0v) is 43.3. The molecule has 20 nitrogen and oxygen atoms in total. The molecular formula is C54H68N6O14. The fourth-order valence-corrected chi connectivity index (χ4v) is 8.84. The van der Waals surface area contributed by atoms with Gasteiger partial charge in [-0.15, -0.1) is 0 Å². The SMILES string of the molecule is C/C=C1\CC2C=Nc3cc(OCc4cc(OCCN(CCCC(=O)OC)C(=O)CCOCCOCCOCCOC)cc(COc5cc6c(cc5OC)C(=O)N5C/C(=C/C)C[C@H]5C=N6)n4)c(OC)cc3C(=O)N2C1. The van der Waals surface area contributed by atoms with Crippen molar-refractivity contribution in [1.29, 1.82) is 0 Å². The fraction of sp³-hybridized carbons (Fsp3) is 0.500. The normalized spacial score (nSPS) is 17.6. The maximum Gasteiger partial charge on any atom is 0.305 e. The van der Waals surface area contributed by atoms with Crippen LogP contribution in [0.15, 0.2) is 69.7 Å². The van der Waals surface area contributed by atoms with Gasteiger partial charge in [0.2, 0.25) is 5.91 Å². The van der Waals surface area contributed by atoms with Crippen LogP contribution in [-0.4, -0.2) is 175 Å². The van der Waals surface area contributed by atoms with Crippen molar-refractivity contribution < 1.29 is 66.5 Å². The number of methoxy groups -OCH3 is 4. The Balaban J connectivity index is 1.06. The third kappa shape index (κ3) is 14.5. The summed E-state index contributed by atoms with van der Waals surface area (Å²) in [6.45, 7) is 8.22. The van der Waals surface area contributed by atoms with Gasteiger partial charge in [-0.3, -0.25) is 34.1 Å². The number of esters is 1. The molecule has 0 aliphatic carbocycles. The topological polar surface area (TPSA) is 208 Å². The highest BCUT2D eigenvalue weighted by molar-refractivity contribution is 6.05. The van der Waals surface area contributed by atoms with Crippen LogP contribution >= 0.6 is 0 Å². The number of allylic oxidation sites excluding steroid dienone is 2. The summed E-state index contributed by atoms with van der Waals surface area (Å²) < 4.78 is 57.0. The molecule has 0 radical (unpaired) electrons. The summed E-state index contributed by atoms with van der Waals surface area (Å²) in [6, 6.07) is 9.87. The van der Waals surface area contributed by atoms with E-state index in [-0.39, 0.29) is 81.6 Å². The van der Waals surface area contributed by atoms with E-state index in [1.54, 1.807) is 60.8 Å². The van der Waals surface area contributed by atoms with Crippen LogP contribution in [0.3, 0.4) is 0 Å². The van der Waals surface area contributed by atoms with E-state index in [0.717, 1.165) is 12.8 Å². The highest BCUT2D eigenvalue weighted by atomic mass is 16.6. The first-order chi connectivity index (χ1) is 36.0. The molecule has 0 spiro atoms. The molecule has 1 aromatic heterocycles. The molecule has 0 N–H and O–H groups in total. The van der Waals surface area contributed by atoms with Crippen molar-refractivity contribution in [2.75, 3.05) is 107 Å². The number of nitrogens with zero attached hydrogens (tertiary/aromatic N) is 6. The van der Waals surface area contributed by atoms with Gasteiger partial charge in [-0.1, -0.05) is 23.3 Å². The minimum atomic E-state index is -0.372. The number of hydrogen-bond acceptors (Lipinski definition) is 17. The number of rotatable bonds is 28. The van der Waals surface area contributed by atoms with Gasteiger partial charge in [0.25, 0.3) is 11.8 Å². The second-order valence-electron chi connectivity index (χ2n) is 17.8. The Morgan fingerprint density at radius 3 is 1.62 bits per heavy atom. The summed E-state index contributed by atoms with van der Waals surface area (Å²) in [5.41, 5.74) is 5.04. The number of hydrogen-bond donors (Lipinski definition) is 0. The highest BCUT2D eigenvalue weighted by Gasteiger charge is 2.36. The van der Waals surface area contributed by atoms with Crippen molar-refractivity contribution in [3.8, 4) is 28.7 Å². The van der Waals surface area contributed by atoms with E-state index < -0.39 is 0 Å². The highest BCUT2D eigenvalue weighted by Crippen LogP contribution is 2.41. The molecule has 2 saturated heterocycles. The minimum absolute atomic E-state index is 0.0483. The molecule has 4 aliphatic rings. The third-order valence-corrected chi connectivity index (χ3v) is 12.9. The van der Waals surface area contributed by atoms with Crippen LogP contribution in [0.5, 0.6) is 28.7 Å². The van der Waals surface area contributed by atoms with E-state index in [4.69, 9.17) is 62.3 Å². The van der Waals surface area contributed by atoms with Crippen LogP contribution in [0.1, 0.15) is 78.1 Å². The predicted molar refractivity (Wildman–Crippen MR) is 274 cm³/mol. The van der Waals surface area contributed by atoms with Crippen LogP contribution in [0.25, 0.3) is 0 Å². The summed E-state index contributed by atoms with van der Waals surface area (Å²) in [5, 5.41) is 0. The van der Waals surface area contributed by atoms with Crippen LogP contribution in [-0.2, 0) is 46.5 Å². The molecular weight excluding hydrogens is 957 g/mol. The first kappa shape index (κ1) is 54.9. The molecule has 20 heteroatoms. The molecule has 2 fully saturated rings. The Kier molecular flexibility index (Phi) is 20.3. The van der Waals surface area contributed by atoms with Crippen LogP contribution in [0.2, 0.25) is 0 Å². The monoisotopic (exact) mass is 1020 g/mol. The lowest BCUT2D eigenvalue weighted by atomic mass is 10.1. The number of amides is 3. The first-order valence-corrected chi connectivity index (χ1v) is 24.9. The lowest BCUT2D eigenvalue weighted by Crippen LogP contribution is -2.36. The van der Waals surface area contributed by atoms with Crippen molar-refractivity contribution >= 4 is 47.5 Å². The van der Waals surface area contributed by atoms with Gasteiger partial charge in [-0.2, -0.15) is 0 Å². The van der Waals surface area contributed by atoms with Crippen molar-refractivity contribution in [3.63, 3.8) is 0 Å². The predicted octanol–water partition coefficient (Wildman–Crippen LogP) is 6.26. The molecule has 3 aromatic rings. The Morgan fingerprint density at radius 1 is 0.622 bits per heavy atom. The van der Waals surface area contributed by atoms with E-state index in [9.17, 15) is 19.2 Å². The third-order valence-electron chi connectivity index (χ3n) is 12.9. The number of fused-ring (bicyclic) bond motifs is 4. The molecule has 1 unspecified atom stereocenters. The standard InChI is InChI=1S/C54H68N6O14/c1-7-36-22-40-30-55-45-28-49(47(66-4)26-43(45)53(63)59(40)32-36)73-34-38-24-42(72-15-13-58(12-9-10-52(62)68-6)51(61)11-14-69-18-19-71-21-20-70-17-16-65-3)25-39(57-38)35-74-50-29-46-44(27-48(50)67-5)54(64)60-33-37(8-2)23-41(60)31-56-46/h7-8,24-31,40-41H,9-23,32-35H2,1-6H3/b36-7+,37-8+/t40-,41?/m0/s1. The molecule has 0 bridgehead atoms. The van der Waals surface area contributed by atoms with Crippen molar-refractivity contribution in [2.24, 2.45) is 9.98 Å². The number of ether oxygens (including phenoxy) is 10. The lowest BCUT2D eigenvalue weighted by molar-refractivity contribution is -0.141. The summed E-state index contributed by atoms with van der Waals surface area (Å²) in [4.78, 5) is 72.6. The van der Waals surface area contributed by atoms with E-state index in [1.807, 2.05) is 35.8 Å². The summed E-state index contributed by atoms with van der Waals surface area (Å²) in [6.07, 6.45) is 9.79. The molecule has 0 saturated carbocycles. The number of aliphatic imine (C=N–C) groups is 2. The Bertz CT molecular complexity index is 2450. The van der Waals surface area contributed by atoms with Crippen LogP contribution < -0.4 is 23.7 Å². The zero-order valence-electron chi connectivity index (χ0n) is 43.3. The van der Waals surface area contributed by atoms with Gasteiger partial charge in [0.15, 0.2) is 23.0 Å². The second-order valence-corrected chi connectivity index (χ2v) is 17.8. The maximum atomic E-state index is 13.8. The van der Waals surface area contributed by atoms with Crippen molar-refractivity contribution in [3.05, 3.63) is 82.2 Å². The Hall–Kier alpha value is -6.87. The summed E-state index contributed by atoms with van der Waals surface area (Å²) in [7, 11) is 5.96. The summed E-state index contributed by atoms with van der Waals surface area (Å²) in [5.74, 6) is 1.01. The van der Waals surface area contributed by atoms with Gasteiger partial charge < -0.3 is 62.1 Å². The van der Waals surface area contributed by atoms with Gasteiger partial charge in [0, 0.05) is 69.9 Å². The maximum absolute atomic E-state index is 13.8. The van der Waals surface area contributed by atoms with Crippen LogP contribution in [0.4, 0.5) is 11.4 Å². The van der Waals surface area contributed by atoms with E-state index in [2.05, 4.69) is 0 Å². The molecule has 7 rings (SSSR count). The van der Waals surface area contributed by atoms with Gasteiger partial charge in [-0.25, -0.2) is 0 Å². The first-order valence-electron chi connectivity index (χ1n) is 24.9. The van der Waals surface area contributed by atoms with Gasteiger partial charge >= 0.3 is 5.97 Å². The Labute approximate surface area is 432 Å². The van der Waals surface area contributed by atoms with Gasteiger partial charge in [0.1, 0.15) is 25.6 Å². The average Bonchev–Trinajstić information content (AvgIpc) is 3.99. The van der Waals surface area contributed by atoms with Gasteiger partial charge in [0.05, 0.1) is 127 Å². The molecule has 4 aliphatic heterocycles. The number of benzene rings is 2. The number of pyridine rings is 1. The summed E-state index contributed by atoms with van der Waals surface area (Å²) >= 11 is 0. The van der Waals surface area contributed by atoms with E-state index in [0.29, 0.717) is 128 Å². The largest absolute Gasteiger partial charge is 0.493 e. The Morgan fingerprint density at radius 2 is 1.14 bits per heavy atom. The smallest absolute Gasteiger partial charge is 0.305 e. The van der Waals surface area contributed by atoms with Crippen molar-refractivity contribution in [2.45, 2.75) is 71.2 Å². The fourth-order valence-electron chi connectivity index (χ4n) is 8.84. The molecule has 398 valence electrons. The molecule has 74 heavy (non-hydrogen) atoms. The van der Waals surface area contributed by atoms with Crippen molar-refractivity contribution in [1.82, 2.24) is 19.7 Å². The number of carbonyl (C=O) groups is 4. The lowest BCUT2D eigenvalue weighted by Gasteiger charge is -2.23. The van der Waals surface area contributed by atoms with E-state index >= 15 is 0 Å². The van der Waals surface area contributed by atoms with E-state index in [1.165, 1.54) is 32.5 Å². The molecule has 2 aromatic carbocycles. The zero-order chi connectivity index (χ0) is 52.4. The molecule has 3 amide bonds. The van der Waals surface area contributed by atoms with Gasteiger partial charge in [-0.05, 0) is 45.2 Å². The quantitative estimate of drug-likeness (QED) is 0.0447. The minimum Gasteiger partial charge on any atom is -0.493 e. The second kappa shape index (κ2) is 27.4. The molecule has 2 atom stereocenters. The number of carbonyl (C=O) groups excluding carboxylic acids is 4.